The van der Waals surface area contributed by atoms with E-state index in [0.29, 0.717) is 11.3 Å². The van der Waals surface area contributed by atoms with E-state index in [1.165, 1.54) is 11.0 Å². The highest BCUT2D eigenvalue weighted by Gasteiger charge is 2.66. The van der Waals surface area contributed by atoms with Crippen molar-refractivity contribution in [3.05, 3.63) is 64.7 Å². The Hall–Kier alpha value is -2.30. The predicted molar refractivity (Wildman–Crippen MR) is 91.8 cm³/mol. The largest absolute Gasteiger partial charge is 0.407 e. The van der Waals surface area contributed by atoms with E-state index in [9.17, 15) is 18.0 Å². The van der Waals surface area contributed by atoms with Gasteiger partial charge in [0.15, 0.2) is 5.41 Å². The van der Waals surface area contributed by atoms with E-state index in [1.807, 2.05) is 13.0 Å². The van der Waals surface area contributed by atoms with Crippen LogP contribution in [0.25, 0.3) is 0 Å². The standard InChI is InChI=1S/C20H20F3NO/c1-4-24-17-8-6-5-7-16(17)19(18(24)25,20(21,22)23)12-15-10-9-13(2)11-14(15)3/h5-11H,4,12H2,1-3H3. The molecule has 1 aliphatic heterocycles. The van der Waals surface area contributed by atoms with Crippen molar-refractivity contribution in [1.29, 1.82) is 0 Å². The van der Waals surface area contributed by atoms with Crippen molar-refractivity contribution in [2.45, 2.75) is 38.8 Å². The third-order valence-corrected chi connectivity index (χ3v) is 5.02. The molecule has 3 rings (SSSR count). The molecule has 5 heteroatoms. The third kappa shape index (κ3) is 2.53. The number of amides is 1. The number of likely N-dealkylation sites (N-methyl/N-ethyl adjacent to an activating group) is 1. The average Bonchev–Trinajstić information content (AvgIpc) is 2.79. The van der Waals surface area contributed by atoms with E-state index in [-0.39, 0.29) is 18.5 Å². The van der Waals surface area contributed by atoms with Gasteiger partial charge in [0.2, 0.25) is 5.91 Å². The van der Waals surface area contributed by atoms with Gasteiger partial charge in [-0.2, -0.15) is 13.2 Å². The molecule has 2 aromatic rings. The van der Waals surface area contributed by atoms with Gasteiger partial charge >= 0.3 is 6.18 Å². The number of alkyl halides is 3. The fraction of sp³-hybridized carbons (Fsp3) is 0.350. The Bertz CT molecular complexity index is 828. The molecule has 132 valence electrons. The lowest BCUT2D eigenvalue weighted by Gasteiger charge is -2.31. The van der Waals surface area contributed by atoms with Gasteiger partial charge in [-0.1, -0.05) is 42.0 Å². The lowest BCUT2D eigenvalue weighted by atomic mass is 9.75. The molecule has 25 heavy (non-hydrogen) atoms. The minimum atomic E-state index is -4.68. The number of hydrogen-bond acceptors (Lipinski definition) is 1. The van der Waals surface area contributed by atoms with Gasteiger partial charge < -0.3 is 4.90 Å². The number of fused-ring (bicyclic) bond motifs is 1. The summed E-state index contributed by atoms with van der Waals surface area (Å²) in [7, 11) is 0. The first-order valence-corrected chi connectivity index (χ1v) is 8.26. The zero-order valence-corrected chi connectivity index (χ0v) is 14.4. The number of anilines is 1. The Labute approximate surface area is 145 Å². The minimum absolute atomic E-state index is 0.0503. The van der Waals surface area contributed by atoms with E-state index in [0.717, 1.165) is 11.1 Å². The fourth-order valence-electron chi connectivity index (χ4n) is 3.71. The Morgan fingerprint density at radius 3 is 2.36 bits per heavy atom. The Kier molecular flexibility index (Phi) is 4.13. The van der Waals surface area contributed by atoms with Gasteiger partial charge in [-0.3, -0.25) is 4.79 Å². The van der Waals surface area contributed by atoms with Crippen LogP contribution in [0.2, 0.25) is 0 Å². The predicted octanol–water partition coefficient (Wildman–Crippen LogP) is 4.71. The smallest absolute Gasteiger partial charge is 0.311 e. The molecule has 1 heterocycles. The van der Waals surface area contributed by atoms with Crippen molar-refractivity contribution in [3.63, 3.8) is 0 Å². The topological polar surface area (TPSA) is 20.3 Å². The van der Waals surface area contributed by atoms with E-state index in [4.69, 9.17) is 0 Å². The maximum atomic E-state index is 14.3. The van der Waals surface area contributed by atoms with Crippen molar-refractivity contribution in [2.75, 3.05) is 11.4 Å². The van der Waals surface area contributed by atoms with Crippen molar-refractivity contribution in [1.82, 2.24) is 0 Å². The first-order valence-electron chi connectivity index (χ1n) is 8.26. The van der Waals surface area contributed by atoms with E-state index in [1.54, 1.807) is 44.2 Å². The molecule has 0 N–H and O–H groups in total. The van der Waals surface area contributed by atoms with Crippen LogP contribution < -0.4 is 4.90 Å². The van der Waals surface area contributed by atoms with Gasteiger partial charge in [0.05, 0.1) is 0 Å². The summed E-state index contributed by atoms with van der Waals surface area (Å²) in [6.07, 6.45) is -5.06. The minimum Gasteiger partial charge on any atom is -0.311 e. The summed E-state index contributed by atoms with van der Waals surface area (Å²) in [5.41, 5.74) is 0.175. The quantitative estimate of drug-likeness (QED) is 0.787. The summed E-state index contributed by atoms with van der Waals surface area (Å²) < 4.78 is 42.9. The summed E-state index contributed by atoms with van der Waals surface area (Å²) >= 11 is 0. The number of aryl methyl sites for hydroxylation is 2. The van der Waals surface area contributed by atoms with Gasteiger partial charge in [0.1, 0.15) is 0 Å². The SMILES string of the molecule is CCN1C(=O)C(Cc2ccc(C)cc2C)(C(F)(F)F)c2ccccc21. The van der Waals surface area contributed by atoms with Crippen molar-refractivity contribution in [2.24, 2.45) is 0 Å². The lowest BCUT2D eigenvalue weighted by molar-refractivity contribution is -0.191. The molecule has 0 fully saturated rings. The number of rotatable bonds is 3. The second-order valence-corrected chi connectivity index (χ2v) is 6.58. The number of hydrogen-bond donors (Lipinski definition) is 0. The van der Waals surface area contributed by atoms with Crippen LogP contribution in [0.15, 0.2) is 42.5 Å². The molecule has 2 nitrogen and oxygen atoms in total. The van der Waals surface area contributed by atoms with Crippen molar-refractivity contribution >= 4 is 11.6 Å². The van der Waals surface area contributed by atoms with Gasteiger partial charge in [-0.25, -0.2) is 0 Å². The molecule has 1 atom stereocenters. The second-order valence-electron chi connectivity index (χ2n) is 6.58. The van der Waals surface area contributed by atoms with Crippen LogP contribution in [0.5, 0.6) is 0 Å². The van der Waals surface area contributed by atoms with E-state index >= 15 is 0 Å². The summed E-state index contributed by atoms with van der Waals surface area (Å²) in [5.74, 6) is -0.885. The third-order valence-electron chi connectivity index (χ3n) is 5.02. The number of carbonyl (C=O) groups excluding carboxylic acids is 1. The number of halogens is 3. The Balaban J connectivity index is 2.23. The molecular weight excluding hydrogens is 327 g/mol. The summed E-state index contributed by atoms with van der Waals surface area (Å²) in [6, 6.07) is 11.6. The molecule has 0 saturated heterocycles. The molecular formula is C20H20F3NO. The highest BCUT2D eigenvalue weighted by molar-refractivity contribution is 6.09. The Morgan fingerprint density at radius 2 is 1.76 bits per heavy atom. The molecule has 0 spiro atoms. The van der Waals surface area contributed by atoms with Gasteiger partial charge in [-0.05, 0) is 38.0 Å². The molecule has 1 unspecified atom stereocenters. The molecule has 0 radical (unpaired) electrons. The number of benzene rings is 2. The maximum Gasteiger partial charge on any atom is 0.407 e. The molecule has 0 aromatic heterocycles. The molecule has 1 amide bonds. The first kappa shape index (κ1) is 17.5. The highest BCUT2D eigenvalue weighted by atomic mass is 19.4. The van der Waals surface area contributed by atoms with Crippen LogP contribution >= 0.6 is 0 Å². The van der Waals surface area contributed by atoms with Gasteiger partial charge in [0, 0.05) is 24.2 Å². The first-order chi connectivity index (χ1) is 11.7. The maximum absolute atomic E-state index is 14.3. The van der Waals surface area contributed by atoms with Crippen LogP contribution in [-0.2, 0) is 16.6 Å². The normalized spacial score (nSPS) is 20.1. The van der Waals surface area contributed by atoms with Crippen LogP contribution in [-0.4, -0.2) is 18.6 Å². The number of nitrogens with zero attached hydrogens (tertiary/aromatic N) is 1. The molecule has 0 aliphatic carbocycles. The van der Waals surface area contributed by atoms with Crippen molar-refractivity contribution in [3.8, 4) is 0 Å². The van der Waals surface area contributed by atoms with Crippen LogP contribution in [0.1, 0.15) is 29.2 Å². The van der Waals surface area contributed by atoms with E-state index in [2.05, 4.69) is 0 Å². The Morgan fingerprint density at radius 1 is 1.08 bits per heavy atom. The summed E-state index contributed by atoms with van der Waals surface area (Å²) in [6.45, 7) is 5.58. The summed E-state index contributed by atoms with van der Waals surface area (Å²) in [4.78, 5) is 14.2. The van der Waals surface area contributed by atoms with Gasteiger partial charge in [-0.15, -0.1) is 0 Å². The zero-order valence-electron chi connectivity index (χ0n) is 14.4. The van der Waals surface area contributed by atoms with Gasteiger partial charge in [0.25, 0.3) is 0 Å². The summed E-state index contributed by atoms with van der Waals surface area (Å²) in [5, 5.41) is 0. The fourth-order valence-corrected chi connectivity index (χ4v) is 3.71. The zero-order chi connectivity index (χ0) is 18.4. The molecule has 0 saturated carbocycles. The van der Waals surface area contributed by atoms with Crippen LogP contribution in [0, 0.1) is 13.8 Å². The molecule has 2 aromatic carbocycles. The molecule has 0 bridgehead atoms. The van der Waals surface area contributed by atoms with Crippen LogP contribution in [0.3, 0.4) is 0 Å². The monoisotopic (exact) mass is 347 g/mol. The average molecular weight is 347 g/mol. The number of para-hydroxylation sites is 1. The lowest BCUT2D eigenvalue weighted by Crippen LogP contribution is -2.52. The van der Waals surface area contributed by atoms with Crippen molar-refractivity contribution < 1.29 is 18.0 Å². The second kappa shape index (κ2) is 5.90. The number of carbonyl (C=O) groups is 1. The van der Waals surface area contributed by atoms with E-state index < -0.39 is 17.5 Å². The highest BCUT2D eigenvalue weighted by Crippen LogP contribution is 2.53. The van der Waals surface area contributed by atoms with Crippen LogP contribution in [0.4, 0.5) is 18.9 Å². The molecule has 1 aliphatic rings.